The number of rotatable bonds is 5. The lowest BCUT2D eigenvalue weighted by Gasteiger charge is -2.14. The Bertz CT molecular complexity index is 630. The summed E-state index contributed by atoms with van der Waals surface area (Å²) in [5, 5.41) is 11.5. The fourth-order valence-corrected chi connectivity index (χ4v) is 1.79. The van der Waals surface area contributed by atoms with Gasteiger partial charge in [-0.05, 0) is 36.8 Å². The summed E-state index contributed by atoms with van der Waals surface area (Å²) < 4.78 is 5.54. The number of hydrogen-bond donors (Lipinski definition) is 1. The third-order valence-corrected chi connectivity index (χ3v) is 2.98. The van der Waals surface area contributed by atoms with Crippen LogP contribution in [-0.2, 0) is 11.3 Å². The monoisotopic (exact) mass is 280 g/mol. The van der Waals surface area contributed by atoms with Crippen LogP contribution in [0, 0.1) is 11.3 Å². The first kappa shape index (κ1) is 14.6. The van der Waals surface area contributed by atoms with Gasteiger partial charge in [0.25, 0.3) is 5.91 Å². The van der Waals surface area contributed by atoms with E-state index in [1.54, 1.807) is 31.2 Å². The van der Waals surface area contributed by atoms with Gasteiger partial charge in [0, 0.05) is 6.54 Å². The quantitative estimate of drug-likeness (QED) is 0.915. The summed E-state index contributed by atoms with van der Waals surface area (Å²) in [6, 6.07) is 18.4. The highest BCUT2D eigenvalue weighted by Gasteiger charge is 2.14. The number of nitrogens with one attached hydrogen (secondary N) is 1. The van der Waals surface area contributed by atoms with Crippen molar-refractivity contribution in [3.63, 3.8) is 0 Å². The molecule has 0 unspecified atom stereocenters. The second-order valence-electron chi connectivity index (χ2n) is 4.60. The van der Waals surface area contributed by atoms with Crippen LogP contribution in [0.2, 0.25) is 0 Å². The molecular weight excluding hydrogens is 264 g/mol. The first-order chi connectivity index (χ1) is 10.2. The average Bonchev–Trinajstić information content (AvgIpc) is 2.54. The summed E-state index contributed by atoms with van der Waals surface area (Å²) in [5.74, 6) is 0.388. The number of benzene rings is 2. The van der Waals surface area contributed by atoms with Crippen molar-refractivity contribution in [2.24, 2.45) is 0 Å². The van der Waals surface area contributed by atoms with Crippen LogP contribution < -0.4 is 10.1 Å². The molecule has 0 aliphatic rings. The lowest BCUT2D eigenvalue weighted by Crippen LogP contribution is -2.35. The standard InChI is InChI=1S/C17H16N2O2/c1-13(21-16-9-7-14(11-18)8-10-16)17(20)19-12-15-5-3-2-4-6-15/h2-10,13H,12H2,1H3,(H,19,20)/t13-/m1/s1. The minimum absolute atomic E-state index is 0.178. The minimum Gasteiger partial charge on any atom is -0.481 e. The van der Waals surface area contributed by atoms with E-state index in [0.29, 0.717) is 17.9 Å². The summed E-state index contributed by atoms with van der Waals surface area (Å²) in [6.07, 6.45) is -0.596. The molecule has 0 bridgehead atoms. The van der Waals surface area contributed by atoms with E-state index >= 15 is 0 Å². The number of nitriles is 1. The van der Waals surface area contributed by atoms with E-state index in [2.05, 4.69) is 5.32 Å². The van der Waals surface area contributed by atoms with Crippen molar-refractivity contribution in [3.8, 4) is 11.8 Å². The van der Waals surface area contributed by atoms with Crippen LogP contribution in [0.3, 0.4) is 0 Å². The van der Waals surface area contributed by atoms with Gasteiger partial charge in [-0.15, -0.1) is 0 Å². The van der Waals surface area contributed by atoms with Crippen molar-refractivity contribution >= 4 is 5.91 Å². The molecule has 1 N–H and O–H groups in total. The minimum atomic E-state index is -0.596. The SMILES string of the molecule is C[C@@H](Oc1ccc(C#N)cc1)C(=O)NCc1ccccc1. The van der Waals surface area contributed by atoms with Crippen molar-refractivity contribution in [2.45, 2.75) is 19.6 Å². The van der Waals surface area contributed by atoms with Crippen molar-refractivity contribution in [3.05, 3.63) is 65.7 Å². The van der Waals surface area contributed by atoms with Gasteiger partial charge in [-0.3, -0.25) is 4.79 Å². The van der Waals surface area contributed by atoms with Crippen molar-refractivity contribution in [1.29, 1.82) is 5.26 Å². The average molecular weight is 280 g/mol. The Morgan fingerprint density at radius 1 is 1.19 bits per heavy atom. The molecule has 0 saturated heterocycles. The summed E-state index contributed by atoms with van der Waals surface area (Å²) in [6.45, 7) is 2.17. The Kier molecular flexibility index (Phi) is 4.94. The molecular formula is C17H16N2O2. The van der Waals surface area contributed by atoms with E-state index in [4.69, 9.17) is 10.00 Å². The second-order valence-corrected chi connectivity index (χ2v) is 4.60. The third-order valence-electron chi connectivity index (χ3n) is 2.98. The number of carbonyl (C=O) groups is 1. The van der Waals surface area contributed by atoms with E-state index in [0.717, 1.165) is 5.56 Å². The van der Waals surface area contributed by atoms with E-state index in [1.807, 2.05) is 36.4 Å². The Morgan fingerprint density at radius 2 is 1.86 bits per heavy atom. The normalized spacial score (nSPS) is 11.2. The van der Waals surface area contributed by atoms with Gasteiger partial charge < -0.3 is 10.1 Å². The molecule has 2 rings (SSSR count). The summed E-state index contributed by atoms with van der Waals surface area (Å²) in [5.41, 5.74) is 1.60. The number of nitrogens with zero attached hydrogens (tertiary/aromatic N) is 1. The Labute approximate surface area is 124 Å². The zero-order valence-corrected chi connectivity index (χ0v) is 11.7. The van der Waals surface area contributed by atoms with Crippen LogP contribution >= 0.6 is 0 Å². The van der Waals surface area contributed by atoms with Crippen LogP contribution in [0.15, 0.2) is 54.6 Å². The molecule has 0 saturated carbocycles. The molecule has 21 heavy (non-hydrogen) atoms. The van der Waals surface area contributed by atoms with Crippen LogP contribution in [-0.4, -0.2) is 12.0 Å². The molecule has 4 nitrogen and oxygen atoms in total. The number of hydrogen-bond acceptors (Lipinski definition) is 3. The Morgan fingerprint density at radius 3 is 2.48 bits per heavy atom. The van der Waals surface area contributed by atoms with Crippen LogP contribution in [0.5, 0.6) is 5.75 Å². The molecule has 0 aromatic heterocycles. The molecule has 0 spiro atoms. The molecule has 4 heteroatoms. The lowest BCUT2D eigenvalue weighted by molar-refractivity contribution is -0.127. The molecule has 0 fully saturated rings. The predicted octanol–water partition coefficient (Wildman–Crippen LogP) is 2.64. The molecule has 0 heterocycles. The highest BCUT2D eigenvalue weighted by atomic mass is 16.5. The van der Waals surface area contributed by atoms with Crippen molar-refractivity contribution in [2.75, 3.05) is 0 Å². The molecule has 2 aromatic rings. The van der Waals surface area contributed by atoms with Gasteiger partial charge in [-0.25, -0.2) is 0 Å². The van der Waals surface area contributed by atoms with Crippen LogP contribution in [0.25, 0.3) is 0 Å². The van der Waals surface area contributed by atoms with Crippen molar-refractivity contribution < 1.29 is 9.53 Å². The smallest absolute Gasteiger partial charge is 0.261 e. The van der Waals surface area contributed by atoms with Gasteiger partial charge in [-0.2, -0.15) is 5.26 Å². The van der Waals surface area contributed by atoms with Crippen molar-refractivity contribution in [1.82, 2.24) is 5.32 Å². The molecule has 2 aromatic carbocycles. The Balaban J connectivity index is 1.86. The largest absolute Gasteiger partial charge is 0.481 e. The first-order valence-corrected chi connectivity index (χ1v) is 6.67. The Hall–Kier alpha value is -2.80. The summed E-state index contributed by atoms with van der Waals surface area (Å²) in [7, 11) is 0. The van der Waals surface area contributed by atoms with Crippen LogP contribution in [0.1, 0.15) is 18.1 Å². The van der Waals surface area contributed by atoms with Gasteiger partial charge in [0.1, 0.15) is 5.75 Å². The lowest BCUT2D eigenvalue weighted by atomic mass is 10.2. The fourth-order valence-electron chi connectivity index (χ4n) is 1.79. The molecule has 0 radical (unpaired) electrons. The van der Waals surface area contributed by atoms with Gasteiger partial charge >= 0.3 is 0 Å². The summed E-state index contributed by atoms with van der Waals surface area (Å²) >= 11 is 0. The predicted molar refractivity (Wildman–Crippen MR) is 79.5 cm³/mol. The van der Waals surface area contributed by atoms with Gasteiger partial charge in [-0.1, -0.05) is 30.3 Å². The van der Waals surface area contributed by atoms with Gasteiger partial charge in [0.05, 0.1) is 11.6 Å². The maximum atomic E-state index is 12.0. The molecule has 0 aliphatic heterocycles. The van der Waals surface area contributed by atoms with E-state index in [1.165, 1.54) is 0 Å². The zero-order chi connectivity index (χ0) is 15.1. The maximum Gasteiger partial charge on any atom is 0.261 e. The van der Waals surface area contributed by atoms with Gasteiger partial charge in [0.15, 0.2) is 6.10 Å². The van der Waals surface area contributed by atoms with E-state index in [9.17, 15) is 4.79 Å². The second kappa shape index (κ2) is 7.11. The molecule has 106 valence electrons. The third kappa shape index (κ3) is 4.36. The van der Waals surface area contributed by atoms with Gasteiger partial charge in [0.2, 0.25) is 0 Å². The highest BCUT2D eigenvalue weighted by molar-refractivity contribution is 5.80. The van der Waals surface area contributed by atoms with E-state index < -0.39 is 6.10 Å². The topological polar surface area (TPSA) is 62.1 Å². The van der Waals surface area contributed by atoms with E-state index in [-0.39, 0.29) is 5.91 Å². The zero-order valence-electron chi connectivity index (χ0n) is 11.7. The number of carbonyl (C=O) groups excluding carboxylic acids is 1. The molecule has 1 amide bonds. The fraction of sp³-hybridized carbons (Fsp3) is 0.176. The molecule has 0 aliphatic carbocycles. The number of ether oxygens (including phenoxy) is 1. The molecule has 1 atom stereocenters. The number of amides is 1. The maximum absolute atomic E-state index is 12.0. The van der Waals surface area contributed by atoms with Crippen LogP contribution in [0.4, 0.5) is 0 Å². The highest BCUT2D eigenvalue weighted by Crippen LogP contribution is 2.13. The summed E-state index contributed by atoms with van der Waals surface area (Å²) in [4.78, 5) is 12.0. The first-order valence-electron chi connectivity index (χ1n) is 6.67.